The highest BCUT2D eigenvalue weighted by molar-refractivity contribution is 7.18. The van der Waals surface area contributed by atoms with Crippen molar-refractivity contribution in [3.05, 3.63) is 29.0 Å². The fourth-order valence-corrected chi connectivity index (χ4v) is 2.74. The number of hydrogen-bond acceptors (Lipinski definition) is 5. The van der Waals surface area contributed by atoms with Gasteiger partial charge in [-0.3, -0.25) is 9.59 Å². The summed E-state index contributed by atoms with van der Waals surface area (Å²) in [6, 6.07) is 4.32. The lowest BCUT2D eigenvalue weighted by molar-refractivity contribution is -0.148. The normalized spacial score (nSPS) is 12.4. The van der Waals surface area contributed by atoms with Gasteiger partial charge in [-0.25, -0.2) is 9.37 Å². The van der Waals surface area contributed by atoms with Crippen molar-refractivity contribution in [2.45, 2.75) is 13.3 Å². The van der Waals surface area contributed by atoms with Crippen LogP contribution in [-0.2, 0) is 20.7 Å². The number of methoxy groups -OCH3 is 1. The summed E-state index contributed by atoms with van der Waals surface area (Å²) in [6.45, 7) is 1.34. The van der Waals surface area contributed by atoms with Crippen LogP contribution in [0.2, 0.25) is 0 Å². The van der Waals surface area contributed by atoms with E-state index >= 15 is 0 Å². The molecule has 2 rings (SSSR count). The molecule has 0 fully saturated rings. The molecular weight excluding hydrogens is 269 g/mol. The van der Waals surface area contributed by atoms with Gasteiger partial charge in [-0.05, 0) is 19.1 Å². The molecule has 1 heterocycles. The summed E-state index contributed by atoms with van der Waals surface area (Å²) in [5.41, 5.74) is 0.534. The number of Topliss-reactive ketones (excluding diaryl/α,β-unsaturated/α-hetero) is 1. The fraction of sp³-hybridized carbons (Fsp3) is 0.308. The number of benzene rings is 1. The highest BCUT2D eigenvalue weighted by Gasteiger charge is 2.25. The standard InChI is InChI=1S/C13H12FNO3S/c1-7(16)9(13(17)18-2)6-12-15-10-5-8(14)3-4-11(10)19-12/h3-5,9H,6H2,1-2H3. The van der Waals surface area contributed by atoms with Crippen LogP contribution in [0.1, 0.15) is 11.9 Å². The number of ketones is 1. The van der Waals surface area contributed by atoms with Gasteiger partial charge >= 0.3 is 5.97 Å². The predicted octanol–water partition coefficient (Wildman–Crippen LogP) is 2.36. The Bertz CT molecular complexity index is 638. The number of rotatable bonds is 4. The molecule has 0 saturated heterocycles. The molecule has 6 heteroatoms. The average molecular weight is 281 g/mol. The van der Waals surface area contributed by atoms with E-state index in [2.05, 4.69) is 9.72 Å². The maximum atomic E-state index is 13.1. The monoisotopic (exact) mass is 281 g/mol. The third-order valence-corrected chi connectivity index (χ3v) is 3.81. The van der Waals surface area contributed by atoms with Gasteiger partial charge < -0.3 is 4.74 Å². The summed E-state index contributed by atoms with van der Waals surface area (Å²) in [5, 5.41) is 0.617. The molecule has 100 valence electrons. The van der Waals surface area contributed by atoms with Crippen LogP contribution in [0.5, 0.6) is 0 Å². The van der Waals surface area contributed by atoms with Crippen LogP contribution in [0.15, 0.2) is 18.2 Å². The third-order valence-electron chi connectivity index (χ3n) is 2.75. The van der Waals surface area contributed by atoms with E-state index in [-0.39, 0.29) is 18.0 Å². The molecule has 4 nitrogen and oxygen atoms in total. The molecule has 0 aliphatic carbocycles. The van der Waals surface area contributed by atoms with Gasteiger partial charge in [-0.1, -0.05) is 0 Å². The molecule has 0 N–H and O–H groups in total. The minimum Gasteiger partial charge on any atom is -0.468 e. The summed E-state index contributed by atoms with van der Waals surface area (Å²) in [5.74, 6) is -2.05. The van der Waals surface area contributed by atoms with Crippen LogP contribution >= 0.6 is 11.3 Å². The highest BCUT2D eigenvalue weighted by atomic mass is 32.1. The number of carbonyl (C=O) groups is 2. The Labute approximate surface area is 113 Å². The van der Waals surface area contributed by atoms with Gasteiger partial charge in [0.25, 0.3) is 0 Å². The van der Waals surface area contributed by atoms with Crippen LogP contribution in [0.25, 0.3) is 10.2 Å². The van der Waals surface area contributed by atoms with Gasteiger partial charge in [0, 0.05) is 12.5 Å². The molecule has 0 aliphatic heterocycles. The lowest BCUT2D eigenvalue weighted by atomic mass is 10.0. The number of aromatic nitrogens is 1. The Morgan fingerprint density at radius 2 is 2.21 bits per heavy atom. The first-order valence-corrected chi connectivity index (χ1v) is 6.46. The molecule has 1 aromatic carbocycles. The number of esters is 1. The number of ether oxygens (including phenoxy) is 1. The molecule has 0 radical (unpaired) electrons. The van der Waals surface area contributed by atoms with E-state index in [1.807, 2.05) is 0 Å². The van der Waals surface area contributed by atoms with E-state index in [4.69, 9.17) is 0 Å². The lowest BCUT2D eigenvalue weighted by Crippen LogP contribution is -2.25. The minimum absolute atomic E-state index is 0.184. The Balaban J connectivity index is 2.29. The van der Waals surface area contributed by atoms with Crippen molar-refractivity contribution in [1.29, 1.82) is 0 Å². The smallest absolute Gasteiger partial charge is 0.316 e. The van der Waals surface area contributed by atoms with Gasteiger partial charge in [0.15, 0.2) is 0 Å². The van der Waals surface area contributed by atoms with Crippen molar-refractivity contribution >= 4 is 33.3 Å². The van der Waals surface area contributed by atoms with Gasteiger partial charge in [0.05, 0.1) is 22.3 Å². The number of halogens is 1. The molecule has 1 atom stereocenters. The van der Waals surface area contributed by atoms with Crippen molar-refractivity contribution in [2.75, 3.05) is 7.11 Å². The van der Waals surface area contributed by atoms with E-state index in [9.17, 15) is 14.0 Å². The summed E-state index contributed by atoms with van der Waals surface area (Å²) >= 11 is 1.34. The molecule has 0 aliphatic rings. The van der Waals surface area contributed by atoms with Crippen LogP contribution in [0.4, 0.5) is 4.39 Å². The molecule has 1 aromatic heterocycles. The number of carbonyl (C=O) groups excluding carboxylic acids is 2. The largest absolute Gasteiger partial charge is 0.468 e. The van der Waals surface area contributed by atoms with Crippen LogP contribution in [0, 0.1) is 11.7 Å². The highest BCUT2D eigenvalue weighted by Crippen LogP contribution is 2.25. The quantitative estimate of drug-likeness (QED) is 0.637. The van der Waals surface area contributed by atoms with E-state index < -0.39 is 11.9 Å². The van der Waals surface area contributed by atoms with E-state index in [1.54, 1.807) is 6.07 Å². The fourth-order valence-electron chi connectivity index (χ4n) is 1.75. The van der Waals surface area contributed by atoms with Crippen molar-refractivity contribution in [2.24, 2.45) is 5.92 Å². The molecule has 0 bridgehead atoms. The van der Waals surface area contributed by atoms with Crippen molar-refractivity contribution in [3.8, 4) is 0 Å². The zero-order valence-corrected chi connectivity index (χ0v) is 11.3. The maximum Gasteiger partial charge on any atom is 0.316 e. The second-order valence-electron chi connectivity index (χ2n) is 4.11. The van der Waals surface area contributed by atoms with Gasteiger partial charge in [-0.15, -0.1) is 11.3 Å². The molecule has 0 saturated carbocycles. The lowest BCUT2D eigenvalue weighted by Gasteiger charge is -2.08. The van der Waals surface area contributed by atoms with Crippen LogP contribution in [-0.4, -0.2) is 23.8 Å². The van der Waals surface area contributed by atoms with E-state index in [0.29, 0.717) is 10.5 Å². The van der Waals surface area contributed by atoms with Crippen molar-refractivity contribution in [1.82, 2.24) is 4.98 Å². The molecule has 0 amide bonds. The van der Waals surface area contributed by atoms with Gasteiger partial charge in [0.1, 0.15) is 17.5 Å². The van der Waals surface area contributed by atoms with E-state index in [1.165, 1.54) is 37.5 Å². The van der Waals surface area contributed by atoms with Crippen molar-refractivity contribution in [3.63, 3.8) is 0 Å². The molecule has 19 heavy (non-hydrogen) atoms. The first-order valence-electron chi connectivity index (χ1n) is 5.64. The number of fused-ring (bicyclic) bond motifs is 1. The van der Waals surface area contributed by atoms with Gasteiger partial charge in [0.2, 0.25) is 0 Å². The van der Waals surface area contributed by atoms with Crippen molar-refractivity contribution < 1.29 is 18.7 Å². The summed E-state index contributed by atoms with van der Waals surface area (Å²) in [6.07, 6.45) is 0.184. The SMILES string of the molecule is COC(=O)C(Cc1nc2cc(F)ccc2s1)C(C)=O. The van der Waals surface area contributed by atoms with E-state index in [0.717, 1.165) is 4.70 Å². The first-order chi connectivity index (χ1) is 9.01. The minimum atomic E-state index is -0.851. The second-order valence-corrected chi connectivity index (χ2v) is 5.23. The Hall–Kier alpha value is -1.82. The summed E-state index contributed by atoms with van der Waals surface area (Å²) in [7, 11) is 1.24. The topological polar surface area (TPSA) is 56.3 Å². The Kier molecular flexibility index (Phi) is 3.90. The summed E-state index contributed by atoms with van der Waals surface area (Å²) < 4.78 is 18.5. The first kappa shape index (κ1) is 13.6. The molecule has 2 aromatic rings. The Morgan fingerprint density at radius 1 is 1.47 bits per heavy atom. The number of nitrogens with zero attached hydrogens (tertiary/aromatic N) is 1. The molecule has 1 unspecified atom stereocenters. The van der Waals surface area contributed by atoms with Crippen LogP contribution in [0.3, 0.4) is 0 Å². The second kappa shape index (κ2) is 5.44. The molecular formula is C13H12FNO3S. The average Bonchev–Trinajstić information content (AvgIpc) is 2.76. The zero-order chi connectivity index (χ0) is 14.0. The van der Waals surface area contributed by atoms with Gasteiger partial charge in [-0.2, -0.15) is 0 Å². The summed E-state index contributed by atoms with van der Waals surface area (Å²) in [4.78, 5) is 27.2. The third kappa shape index (κ3) is 2.96. The number of hydrogen-bond donors (Lipinski definition) is 0. The van der Waals surface area contributed by atoms with Crippen LogP contribution < -0.4 is 0 Å². The zero-order valence-electron chi connectivity index (χ0n) is 10.5. The molecule has 0 spiro atoms. The predicted molar refractivity (Wildman–Crippen MR) is 69.5 cm³/mol. The number of thiazole rings is 1. The Morgan fingerprint density at radius 3 is 2.84 bits per heavy atom. The maximum absolute atomic E-state index is 13.1.